The average molecular weight is 426 g/mol. The van der Waals surface area contributed by atoms with Gasteiger partial charge in [-0.3, -0.25) is 14.5 Å². The maximum absolute atomic E-state index is 13.2. The van der Waals surface area contributed by atoms with E-state index in [1.54, 1.807) is 43.5 Å². The maximum Gasteiger partial charge on any atom is 0.337 e. The highest BCUT2D eigenvalue weighted by Gasteiger charge is 2.37. The van der Waals surface area contributed by atoms with Crippen molar-refractivity contribution < 1.29 is 28.6 Å². The van der Waals surface area contributed by atoms with Crippen LogP contribution in [0.5, 0.6) is 11.5 Å². The number of carbonyl (C=O) groups is 3. The number of unbranched alkanes of at least 4 members (excludes halogenated alkanes) is 1. The Labute approximate surface area is 181 Å². The number of nitrogens with one attached hydrogen (secondary N) is 1. The van der Waals surface area contributed by atoms with Gasteiger partial charge in [-0.05, 0) is 42.3 Å². The smallest absolute Gasteiger partial charge is 0.337 e. The molecule has 2 amide bonds. The molecule has 1 N–H and O–H groups in total. The van der Waals surface area contributed by atoms with Crippen LogP contribution in [0.2, 0.25) is 0 Å². The van der Waals surface area contributed by atoms with Crippen molar-refractivity contribution in [2.45, 2.75) is 25.8 Å². The van der Waals surface area contributed by atoms with E-state index in [1.165, 1.54) is 18.1 Å². The zero-order valence-electron chi connectivity index (χ0n) is 17.8. The number of hydrogen-bond donors (Lipinski definition) is 1. The van der Waals surface area contributed by atoms with Crippen LogP contribution in [-0.4, -0.2) is 45.2 Å². The fourth-order valence-corrected chi connectivity index (χ4v) is 3.39. The van der Waals surface area contributed by atoms with E-state index in [0.29, 0.717) is 29.3 Å². The maximum atomic E-state index is 13.2. The molecule has 1 aliphatic heterocycles. The fraction of sp³-hybridized carbons (Fsp3) is 0.348. The van der Waals surface area contributed by atoms with Crippen molar-refractivity contribution in [2.75, 3.05) is 32.3 Å². The number of nitrogens with zero attached hydrogens (tertiary/aromatic N) is 1. The predicted molar refractivity (Wildman–Crippen MR) is 114 cm³/mol. The molecule has 0 aromatic heterocycles. The molecule has 2 aromatic carbocycles. The van der Waals surface area contributed by atoms with E-state index in [-0.39, 0.29) is 24.0 Å². The number of fused-ring (bicyclic) bond motifs is 1. The van der Waals surface area contributed by atoms with Gasteiger partial charge in [0.15, 0.2) is 6.61 Å². The van der Waals surface area contributed by atoms with Crippen molar-refractivity contribution >= 4 is 23.5 Å². The molecule has 0 radical (unpaired) electrons. The highest BCUT2D eigenvalue weighted by molar-refractivity contribution is 6.05. The Morgan fingerprint density at radius 1 is 1.16 bits per heavy atom. The first-order chi connectivity index (χ1) is 15.0. The van der Waals surface area contributed by atoms with Gasteiger partial charge in [-0.15, -0.1) is 0 Å². The number of carbonyl (C=O) groups excluding carboxylic acids is 3. The molecule has 1 heterocycles. The van der Waals surface area contributed by atoms with E-state index < -0.39 is 12.0 Å². The molecular weight excluding hydrogens is 400 g/mol. The minimum absolute atomic E-state index is 0.209. The SMILES string of the molecule is CCCCNC(=O)C(c1ccc(OC)cc1)N1C(=O)COc2ccc(C(=O)OC)cc21. The van der Waals surface area contributed by atoms with Crippen molar-refractivity contribution in [3.8, 4) is 11.5 Å². The molecular formula is C23H26N2O6. The predicted octanol–water partition coefficient (Wildman–Crippen LogP) is 2.86. The lowest BCUT2D eigenvalue weighted by molar-refractivity contribution is -0.128. The molecule has 1 unspecified atom stereocenters. The van der Waals surface area contributed by atoms with Crippen LogP contribution in [0.1, 0.15) is 41.7 Å². The second-order valence-electron chi connectivity index (χ2n) is 7.05. The molecule has 0 bridgehead atoms. The Bertz CT molecular complexity index is 957. The van der Waals surface area contributed by atoms with Gasteiger partial charge in [-0.2, -0.15) is 0 Å². The Morgan fingerprint density at radius 3 is 2.55 bits per heavy atom. The first-order valence-corrected chi connectivity index (χ1v) is 10.1. The molecule has 0 saturated carbocycles. The summed E-state index contributed by atoms with van der Waals surface area (Å²) >= 11 is 0. The summed E-state index contributed by atoms with van der Waals surface area (Å²) in [6.45, 7) is 2.32. The van der Waals surface area contributed by atoms with Crippen LogP contribution < -0.4 is 19.7 Å². The molecule has 1 aliphatic rings. The van der Waals surface area contributed by atoms with Crippen LogP contribution >= 0.6 is 0 Å². The van der Waals surface area contributed by atoms with E-state index in [0.717, 1.165) is 12.8 Å². The third-order valence-corrected chi connectivity index (χ3v) is 5.03. The number of hydrogen-bond acceptors (Lipinski definition) is 6. The van der Waals surface area contributed by atoms with Gasteiger partial charge in [0.2, 0.25) is 5.91 Å². The van der Waals surface area contributed by atoms with Gasteiger partial charge in [-0.25, -0.2) is 4.79 Å². The summed E-state index contributed by atoms with van der Waals surface area (Å²) < 4.78 is 15.6. The fourth-order valence-electron chi connectivity index (χ4n) is 3.39. The number of rotatable bonds is 8. The number of esters is 1. The summed E-state index contributed by atoms with van der Waals surface area (Å²) in [7, 11) is 2.84. The molecule has 3 rings (SSSR count). The summed E-state index contributed by atoms with van der Waals surface area (Å²) in [5.41, 5.74) is 1.20. The zero-order valence-corrected chi connectivity index (χ0v) is 17.8. The highest BCUT2D eigenvalue weighted by Crippen LogP contribution is 2.39. The average Bonchev–Trinajstić information content (AvgIpc) is 2.80. The number of anilines is 1. The molecule has 0 fully saturated rings. The van der Waals surface area contributed by atoms with Crippen LogP contribution in [0.4, 0.5) is 5.69 Å². The summed E-state index contributed by atoms with van der Waals surface area (Å²) in [5.74, 6) is -0.207. The standard InChI is InChI=1S/C23H26N2O6/c1-4-5-12-24-22(27)21(15-6-9-17(29-2)10-7-15)25-18-13-16(23(28)30-3)8-11-19(18)31-14-20(25)26/h6-11,13,21H,4-5,12,14H2,1-3H3,(H,24,27). The van der Waals surface area contributed by atoms with Gasteiger partial charge >= 0.3 is 5.97 Å². The lowest BCUT2D eigenvalue weighted by atomic mass is 10.0. The first-order valence-electron chi connectivity index (χ1n) is 10.1. The number of amides is 2. The molecule has 1 atom stereocenters. The zero-order chi connectivity index (χ0) is 22.4. The van der Waals surface area contributed by atoms with Gasteiger partial charge in [-0.1, -0.05) is 25.5 Å². The second-order valence-corrected chi connectivity index (χ2v) is 7.05. The summed E-state index contributed by atoms with van der Waals surface area (Å²) in [6.07, 6.45) is 1.75. The number of ether oxygens (including phenoxy) is 3. The summed E-state index contributed by atoms with van der Waals surface area (Å²) in [5, 5.41) is 2.91. The van der Waals surface area contributed by atoms with Crippen LogP contribution in [0.25, 0.3) is 0 Å². The summed E-state index contributed by atoms with van der Waals surface area (Å²) in [4.78, 5) is 39.6. The third-order valence-electron chi connectivity index (χ3n) is 5.03. The van der Waals surface area contributed by atoms with Gasteiger partial charge in [0.25, 0.3) is 5.91 Å². The van der Waals surface area contributed by atoms with Crippen LogP contribution in [0.3, 0.4) is 0 Å². The van der Waals surface area contributed by atoms with Crippen molar-refractivity contribution in [1.82, 2.24) is 5.32 Å². The lowest BCUT2D eigenvalue weighted by Crippen LogP contribution is -2.47. The van der Waals surface area contributed by atoms with Crippen molar-refractivity contribution in [1.29, 1.82) is 0 Å². The largest absolute Gasteiger partial charge is 0.497 e. The van der Waals surface area contributed by atoms with E-state index in [9.17, 15) is 14.4 Å². The van der Waals surface area contributed by atoms with Gasteiger partial charge in [0, 0.05) is 6.54 Å². The third kappa shape index (κ3) is 4.79. The van der Waals surface area contributed by atoms with Crippen molar-refractivity contribution in [3.05, 3.63) is 53.6 Å². The Morgan fingerprint density at radius 2 is 1.90 bits per heavy atom. The minimum atomic E-state index is -0.939. The first kappa shape index (κ1) is 22.1. The van der Waals surface area contributed by atoms with Crippen molar-refractivity contribution in [2.24, 2.45) is 0 Å². The lowest BCUT2D eigenvalue weighted by Gasteiger charge is -2.35. The Balaban J connectivity index is 2.07. The van der Waals surface area contributed by atoms with E-state index in [2.05, 4.69) is 5.32 Å². The monoisotopic (exact) mass is 426 g/mol. The van der Waals surface area contributed by atoms with E-state index in [1.807, 2.05) is 6.92 Å². The Hall–Kier alpha value is -3.55. The topological polar surface area (TPSA) is 94.2 Å². The molecule has 0 spiro atoms. The van der Waals surface area contributed by atoms with E-state index in [4.69, 9.17) is 14.2 Å². The van der Waals surface area contributed by atoms with E-state index >= 15 is 0 Å². The van der Waals surface area contributed by atoms with Crippen LogP contribution in [-0.2, 0) is 14.3 Å². The quantitative estimate of drug-likeness (QED) is 0.515. The molecule has 0 saturated heterocycles. The van der Waals surface area contributed by atoms with Crippen LogP contribution in [0, 0.1) is 0 Å². The molecule has 8 heteroatoms. The molecule has 31 heavy (non-hydrogen) atoms. The molecule has 0 aliphatic carbocycles. The Kier molecular flexibility index (Phi) is 7.12. The molecule has 8 nitrogen and oxygen atoms in total. The summed E-state index contributed by atoms with van der Waals surface area (Å²) in [6, 6.07) is 10.7. The molecule has 164 valence electrons. The normalized spacial score (nSPS) is 13.6. The number of benzene rings is 2. The minimum Gasteiger partial charge on any atom is -0.497 e. The van der Waals surface area contributed by atoms with Crippen LogP contribution in [0.15, 0.2) is 42.5 Å². The molecule has 2 aromatic rings. The van der Waals surface area contributed by atoms with Crippen molar-refractivity contribution in [3.63, 3.8) is 0 Å². The van der Waals surface area contributed by atoms with Gasteiger partial charge in [0.1, 0.15) is 17.5 Å². The number of methoxy groups -OCH3 is 2. The van der Waals surface area contributed by atoms with Gasteiger partial charge < -0.3 is 19.5 Å². The second kappa shape index (κ2) is 9.97. The van der Waals surface area contributed by atoms with Gasteiger partial charge in [0.05, 0.1) is 25.5 Å². The highest BCUT2D eigenvalue weighted by atomic mass is 16.5.